The highest BCUT2D eigenvalue weighted by atomic mass is 35.5. The zero-order chi connectivity index (χ0) is 18.8. The van der Waals surface area contributed by atoms with Gasteiger partial charge in [-0.05, 0) is 30.7 Å². The average Bonchev–Trinajstić information content (AvgIpc) is 3.19. The highest BCUT2D eigenvalue weighted by Gasteiger charge is 2.13. The second-order valence-electron chi connectivity index (χ2n) is 6.01. The Morgan fingerprint density at radius 1 is 1.15 bits per heavy atom. The number of aromatic nitrogens is 4. The minimum atomic E-state index is 0.490. The van der Waals surface area contributed by atoms with Crippen LogP contribution in [0.2, 0.25) is 10.2 Å². The Balaban J connectivity index is 1.52. The summed E-state index contributed by atoms with van der Waals surface area (Å²) in [7, 11) is 0. The summed E-state index contributed by atoms with van der Waals surface area (Å²) in [4.78, 5) is 7.56. The minimum Gasteiger partial charge on any atom is -0.323 e. The first-order valence-electron chi connectivity index (χ1n) is 8.32. The molecule has 136 valence electrons. The zero-order valence-electron chi connectivity index (χ0n) is 14.4. The molecule has 4 rings (SSSR count). The van der Waals surface area contributed by atoms with Gasteiger partial charge in [-0.3, -0.25) is 0 Å². The summed E-state index contributed by atoms with van der Waals surface area (Å²) in [5.74, 6) is 0.560. The van der Waals surface area contributed by atoms with Crippen molar-refractivity contribution in [1.29, 1.82) is 0 Å². The molecule has 0 saturated heterocycles. The molecule has 0 fully saturated rings. The molecule has 0 aliphatic heterocycles. The monoisotopic (exact) mass is 398 g/mol. The van der Waals surface area contributed by atoms with Gasteiger partial charge in [0.15, 0.2) is 0 Å². The topological polar surface area (TPSA) is 70.9 Å². The fraction of sp³-hybridized carbons (Fsp3) is 0.105. The first-order chi connectivity index (χ1) is 13.1. The standard InChI is InChI=1S/C19H16Cl2N6/c1-12-14(10-22-25-19-23-16-8-4-5-9-17(16)24-19)18(21)27(26-12)11-13-6-2-3-7-15(13)20/h2-10H,11H2,1H3,(H2,23,24,25)/b22-10-. The van der Waals surface area contributed by atoms with E-state index >= 15 is 0 Å². The third-order valence-corrected chi connectivity index (χ3v) is 4.91. The van der Waals surface area contributed by atoms with E-state index in [2.05, 4.69) is 25.6 Å². The predicted octanol–water partition coefficient (Wildman–Crippen LogP) is 4.87. The maximum atomic E-state index is 6.49. The molecule has 0 amide bonds. The fourth-order valence-electron chi connectivity index (χ4n) is 2.77. The van der Waals surface area contributed by atoms with Crippen molar-refractivity contribution in [3.05, 3.63) is 75.5 Å². The number of hydrogen-bond acceptors (Lipinski definition) is 4. The number of nitrogens with zero attached hydrogens (tertiary/aromatic N) is 4. The molecule has 0 radical (unpaired) electrons. The third-order valence-electron chi connectivity index (χ3n) is 4.14. The number of hydrogen-bond donors (Lipinski definition) is 2. The Kier molecular flexibility index (Phi) is 4.83. The van der Waals surface area contributed by atoms with E-state index < -0.39 is 0 Å². The Morgan fingerprint density at radius 3 is 2.74 bits per heavy atom. The number of fused-ring (bicyclic) bond motifs is 1. The molecule has 0 spiro atoms. The molecule has 0 bridgehead atoms. The van der Waals surface area contributed by atoms with Gasteiger partial charge in [0.2, 0.25) is 5.95 Å². The van der Waals surface area contributed by atoms with Gasteiger partial charge in [0.05, 0.1) is 35.1 Å². The molecule has 2 aromatic carbocycles. The first-order valence-corrected chi connectivity index (χ1v) is 9.07. The van der Waals surface area contributed by atoms with E-state index in [0.29, 0.717) is 22.7 Å². The number of imidazole rings is 1. The van der Waals surface area contributed by atoms with Crippen LogP contribution in [0, 0.1) is 6.92 Å². The van der Waals surface area contributed by atoms with Crippen molar-refractivity contribution in [3.8, 4) is 0 Å². The van der Waals surface area contributed by atoms with Crippen LogP contribution in [0.3, 0.4) is 0 Å². The molecule has 0 atom stereocenters. The van der Waals surface area contributed by atoms with Crippen LogP contribution in [-0.4, -0.2) is 26.0 Å². The number of aryl methyl sites for hydroxylation is 1. The third kappa shape index (κ3) is 3.67. The van der Waals surface area contributed by atoms with Gasteiger partial charge >= 0.3 is 0 Å². The minimum absolute atomic E-state index is 0.490. The van der Waals surface area contributed by atoms with Crippen LogP contribution < -0.4 is 5.43 Å². The number of nitrogens with one attached hydrogen (secondary N) is 2. The van der Waals surface area contributed by atoms with Crippen LogP contribution in [-0.2, 0) is 6.54 Å². The number of aromatic amines is 1. The van der Waals surface area contributed by atoms with E-state index in [0.717, 1.165) is 27.9 Å². The molecule has 2 heterocycles. The zero-order valence-corrected chi connectivity index (χ0v) is 16.0. The lowest BCUT2D eigenvalue weighted by molar-refractivity contribution is 0.680. The smallest absolute Gasteiger partial charge is 0.222 e. The average molecular weight is 399 g/mol. The van der Waals surface area contributed by atoms with Crippen molar-refractivity contribution in [2.75, 3.05) is 5.43 Å². The second kappa shape index (κ2) is 7.42. The van der Waals surface area contributed by atoms with Crippen LogP contribution in [0.1, 0.15) is 16.8 Å². The first kappa shape index (κ1) is 17.6. The second-order valence-corrected chi connectivity index (χ2v) is 6.78. The summed E-state index contributed by atoms with van der Waals surface area (Å²) in [6.45, 7) is 2.38. The number of benzene rings is 2. The van der Waals surface area contributed by atoms with Crippen LogP contribution in [0.15, 0.2) is 53.6 Å². The summed E-state index contributed by atoms with van der Waals surface area (Å²) in [5.41, 5.74) is 7.18. The maximum absolute atomic E-state index is 6.49. The molecule has 6 nitrogen and oxygen atoms in total. The van der Waals surface area contributed by atoms with E-state index in [4.69, 9.17) is 23.2 Å². The Hall–Kier alpha value is -2.83. The normalized spacial score (nSPS) is 11.5. The number of halogens is 2. The Bertz CT molecular complexity index is 1100. The highest BCUT2D eigenvalue weighted by molar-refractivity contribution is 6.32. The van der Waals surface area contributed by atoms with Crippen molar-refractivity contribution in [3.63, 3.8) is 0 Å². The largest absolute Gasteiger partial charge is 0.323 e. The summed E-state index contributed by atoms with van der Waals surface area (Å²) in [6.07, 6.45) is 1.64. The number of rotatable bonds is 5. The molecule has 27 heavy (non-hydrogen) atoms. The molecule has 0 saturated carbocycles. The molecule has 0 unspecified atom stereocenters. The van der Waals surface area contributed by atoms with Crippen LogP contribution in [0.5, 0.6) is 0 Å². The van der Waals surface area contributed by atoms with Gasteiger partial charge in [-0.2, -0.15) is 10.2 Å². The van der Waals surface area contributed by atoms with Crippen LogP contribution in [0.25, 0.3) is 11.0 Å². The number of para-hydroxylation sites is 2. The lowest BCUT2D eigenvalue weighted by atomic mass is 10.2. The summed E-state index contributed by atoms with van der Waals surface area (Å²) < 4.78 is 1.71. The van der Waals surface area contributed by atoms with Gasteiger partial charge in [0.25, 0.3) is 0 Å². The molecule has 4 aromatic rings. The van der Waals surface area contributed by atoms with E-state index in [9.17, 15) is 0 Å². The fourth-order valence-corrected chi connectivity index (χ4v) is 3.25. The molecular weight excluding hydrogens is 383 g/mol. The van der Waals surface area contributed by atoms with Gasteiger partial charge < -0.3 is 4.98 Å². The quantitative estimate of drug-likeness (QED) is 0.372. The molecule has 2 aromatic heterocycles. The maximum Gasteiger partial charge on any atom is 0.222 e. The summed E-state index contributed by atoms with van der Waals surface area (Å²) in [5, 5.41) is 9.91. The number of hydrazone groups is 1. The van der Waals surface area contributed by atoms with Gasteiger partial charge in [0.1, 0.15) is 5.15 Å². The SMILES string of the molecule is Cc1nn(Cc2ccccc2Cl)c(Cl)c1/C=N\Nc1nc2ccccc2[nH]1. The highest BCUT2D eigenvalue weighted by Crippen LogP contribution is 2.22. The molecular formula is C19H16Cl2N6. The van der Waals surface area contributed by atoms with E-state index in [1.54, 1.807) is 10.9 Å². The van der Waals surface area contributed by atoms with E-state index in [-0.39, 0.29) is 0 Å². The Labute approximate surface area is 165 Å². The summed E-state index contributed by atoms with van der Waals surface area (Å²) in [6, 6.07) is 15.4. The lowest BCUT2D eigenvalue weighted by Gasteiger charge is -2.05. The van der Waals surface area contributed by atoms with Gasteiger partial charge in [-0.15, -0.1) is 0 Å². The predicted molar refractivity (Wildman–Crippen MR) is 110 cm³/mol. The van der Waals surface area contributed by atoms with Crippen molar-refractivity contribution in [2.45, 2.75) is 13.5 Å². The van der Waals surface area contributed by atoms with Gasteiger partial charge in [0, 0.05) is 5.02 Å². The van der Waals surface area contributed by atoms with Crippen molar-refractivity contribution in [1.82, 2.24) is 19.7 Å². The van der Waals surface area contributed by atoms with Gasteiger partial charge in [-0.25, -0.2) is 15.1 Å². The lowest BCUT2D eigenvalue weighted by Crippen LogP contribution is -2.02. The van der Waals surface area contributed by atoms with Crippen molar-refractivity contribution in [2.24, 2.45) is 5.10 Å². The van der Waals surface area contributed by atoms with E-state index in [1.807, 2.05) is 55.5 Å². The van der Waals surface area contributed by atoms with Crippen LogP contribution >= 0.6 is 23.2 Å². The summed E-state index contributed by atoms with van der Waals surface area (Å²) >= 11 is 12.7. The van der Waals surface area contributed by atoms with Gasteiger partial charge in [-0.1, -0.05) is 53.5 Å². The number of H-pyrrole nitrogens is 1. The van der Waals surface area contributed by atoms with Crippen LogP contribution in [0.4, 0.5) is 5.95 Å². The molecule has 0 aliphatic rings. The molecule has 0 aliphatic carbocycles. The molecule has 8 heteroatoms. The molecule has 2 N–H and O–H groups in total. The van der Waals surface area contributed by atoms with Crippen molar-refractivity contribution >= 4 is 46.4 Å². The number of anilines is 1. The van der Waals surface area contributed by atoms with Crippen molar-refractivity contribution < 1.29 is 0 Å². The Morgan fingerprint density at radius 2 is 1.93 bits per heavy atom. The van der Waals surface area contributed by atoms with E-state index in [1.165, 1.54) is 0 Å².